The van der Waals surface area contributed by atoms with Gasteiger partial charge in [0, 0.05) is 46.9 Å². The van der Waals surface area contributed by atoms with Gasteiger partial charge in [-0.1, -0.05) is 11.3 Å². The Labute approximate surface area is 151 Å². The average molecular weight is 368 g/mol. The lowest BCUT2D eigenvalue weighted by atomic mass is 9.96. The second-order valence-corrected chi connectivity index (χ2v) is 7.58. The van der Waals surface area contributed by atoms with Gasteiger partial charge in [0.25, 0.3) is 0 Å². The van der Waals surface area contributed by atoms with E-state index < -0.39 is 0 Å². The van der Waals surface area contributed by atoms with E-state index in [9.17, 15) is 9.59 Å². The molecule has 9 heteroatoms. The molecule has 1 unspecified atom stereocenters. The first kappa shape index (κ1) is 18.2. The fourth-order valence-electron chi connectivity index (χ4n) is 3.41. The summed E-state index contributed by atoms with van der Waals surface area (Å²) in [6.07, 6.45) is 2.16. The molecular formula is C16H24N4O4S. The van der Waals surface area contributed by atoms with Gasteiger partial charge < -0.3 is 14.4 Å². The predicted molar refractivity (Wildman–Crippen MR) is 92.3 cm³/mol. The summed E-state index contributed by atoms with van der Waals surface area (Å²) >= 11 is 1.33. The van der Waals surface area contributed by atoms with Gasteiger partial charge >= 0.3 is 0 Å². The summed E-state index contributed by atoms with van der Waals surface area (Å²) in [7, 11) is 3.30. The highest BCUT2D eigenvalue weighted by atomic mass is 32.1. The van der Waals surface area contributed by atoms with Crippen molar-refractivity contribution in [3.63, 3.8) is 0 Å². The molecule has 2 fully saturated rings. The number of ether oxygens (including phenoxy) is 2. The summed E-state index contributed by atoms with van der Waals surface area (Å²) < 4.78 is 10.2. The highest BCUT2D eigenvalue weighted by Gasteiger charge is 2.39. The third-order valence-corrected chi connectivity index (χ3v) is 5.68. The highest BCUT2D eigenvalue weighted by Crippen LogP contribution is 2.30. The monoisotopic (exact) mass is 368 g/mol. The summed E-state index contributed by atoms with van der Waals surface area (Å²) in [5.74, 6) is 0.249. The molecular weight excluding hydrogens is 344 g/mol. The first-order valence-corrected chi connectivity index (χ1v) is 9.33. The van der Waals surface area contributed by atoms with Crippen molar-refractivity contribution in [3.8, 4) is 0 Å². The van der Waals surface area contributed by atoms with Crippen LogP contribution in [0.25, 0.3) is 0 Å². The fourth-order valence-corrected chi connectivity index (χ4v) is 4.24. The lowest BCUT2D eigenvalue weighted by Gasteiger charge is -2.33. The molecule has 0 spiro atoms. The minimum absolute atomic E-state index is 0.0623. The van der Waals surface area contributed by atoms with E-state index in [2.05, 4.69) is 10.2 Å². The average Bonchev–Trinajstić information content (AvgIpc) is 3.22. The molecule has 2 amide bonds. The van der Waals surface area contributed by atoms with Crippen LogP contribution in [-0.4, -0.2) is 67.4 Å². The Morgan fingerprint density at radius 3 is 2.68 bits per heavy atom. The van der Waals surface area contributed by atoms with Gasteiger partial charge in [-0.15, -0.1) is 10.2 Å². The number of hydrogen-bond acceptors (Lipinski definition) is 7. The summed E-state index contributed by atoms with van der Waals surface area (Å²) in [4.78, 5) is 28.6. The molecule has 2 aliphatic rings. The Morgan fingerprint density at radius 2 is 2.00 bits per heavy atom. The molecule has 3 heterocycles. The van der Waals surface area contributed by atoms with Gasteiger partial charge in [0.05, 0.1) is 5.92 Å². The molecule has 1 atom stereocenters. The number of aromatic nitrogens is 2. The van der Waals surface area contributed by atoms with Crippen LogP contribution in [0.2, 0.25) is 0 Å². The van der Waals surface area contributed by atoms with Crippen molar-refractivity contribution in [2.45, 2.75) is 25.9 Å². The lowest BCUT2D eigenvalue weighted by molar-refractivity contribution is -0.137. The van der Waals surface area contributed by atoms with Crippen LogP contribution < -0.4 is 4.90 Å². The largest absolute Gasteiger partial charge is 0.384 e. The molecule has 25 heavy (non-hydrogen) atoms. The molecule has 0 N–H and O–H groups in total. The van der Waals surface area contributed by atoms with Crippen molar-refractivity contribution in [2.24, 2.45) is 11.8 Å². The van der Waals surface area contributed by atoms with Crippen LogP contribution >= 0.6 is 11.3 Å². The van der Waals surface area contributed by atoms with E-state index in [1.165, 1.54) is 11.3 Å². The van der Waals surface area contributed by atoms with Crippen molar-refractivity contribution in [1.29, 1.82) is 0 Å². The number of hydrogen-bond donors (Lipinski definition) is 0. The van der Waals surface area contributed by atoms with Crippen molar-refractivity contribution in [2.75, 3.05) is 45.4 Å². The molecule has 138 valence electrons. The highest BCUT2D eigenvalue weighted by molar-refractivity contribution is 7.15. The molecule has 1 aromatic rings. The molecule has 3 rings (SSSR count). The van der Waals surface area contributed by atoms with Gasteiger partial charge in [0.1, 0.15) is 11.6 Å². The Morgan fingerprint density at radius 1 is 1.24 bits per heavy atom. The van der Waals surface area contributed by atoms with Gasteiger partial charge in [0.2, 0.25) is 16.9 Å². The van der Waals surface area contributed by atoms with Gasteiger partial charge in [-0.3, -0.25) is 14.5 Å². The van der Waals surface area contributed by atoms with E-state index in [0.717, 1.165) is 37.5 Å². The van der Waals surface area contributed by atoms with Gasteiger partial charge in [-0.05, 0) is 18.8 Å². The summed E-state index contributed by atoms with van der Waals surface area (Å²) in [5.41, 5.74) is 0. The van der Waals surface area contributed by atoms with Gasteiger partial charge in [-0.25, -0.2) is 0 Å². The van der Waals surface area contributed by atoms with Crippen LogP contribution in [0.1, 0.15) is 24.3 Å². The first-order chi connectivity index (χ1) is 12.1. The first-order valence-electron chi connectivity index (χ1n) is 8.51. The molecule has 0 bridgehead atoms. The third-order valence-electron chi connectivity index (χ3n) is 4.76. The molecule has 2 aliphatic heterocycles. The Hall–Kier alpha value is -1.58. The topological polar surface area (TPSA) is 84.9 Å². The Balaban J connectivity index is 1.57. The maximum Gasteiger partial charge on any atom is 0.229 e. The van der Waals surface area contributed by atoms with E-state index in [1.807, 2.05) is 4.90 Å². The number of methoxy groups -OCH3 is 2. The van der Waals surface area contributed by atoms with Crippen LogP contribution in [0, 0.1) is 11.8 Å². The fraction of sp³-hybridized carbons (Fsp3) is 0.750. The molecule has 8 nitrogen and oxygen atoms in total. The quantitative estimate of drug-likeness (QED) is 0.742. The number of rotatable bonds is 6. The second-order valence-electron chi connectivity index (χ2n) is 6.54. The normalized spacial score (nSPS) is 22.0. The van der Waals surface area contributed by atoms with E-state index in [-0.39, 0.29) is 24.2 Å². The zero-order valence-electron chi connectivity index (χ0n) is 14.6. The van der Waals surface area contributed by atoms with Gasteiger partial charge in [-0.2, -0.15) is 0 Å². The molecule has 0 aromatic carbocycles. The van der Waals surface area contributed by atoms with E-state index in [0.29, 0.717) is 24.2 Å². The van der Waals surface area contributed by atoms with Crippen molar-refractivity contribution < 1.29 is 19.1 Å². The van der Waals surface area contributed by atoms with Crippen molar-refractivity contribution >= 4 is 28.3 Å². The van der Waals surface area contributed by atoms with Gasteiger partial charge in [0.15, 0.2) is 0 Å². The number of carbonyl (C=O) groups excluding carboxylic acids is 2. The van der Waals surface area contributed by atoms with Crippen LogP contribution in [-0.2, 0) is 25.7 Å². The Kier molecular flexibility index (Phi) is 5.98. The number of carbonyl (C=O) groups is 2. The molecule has 1 aromatic heterocycles. The minimum Gasteiger partial charge on any atom is -0.384 e. The van der Waals surface area contributed by atoms with Crippen molar-refractivity contribution in [3.05, 3.63) is 5.01 Å². The second kappa shape index (κ2) is 8.20. The number of nitrogens with zero attached hydrogens (tertiary/aromatic N) is 4. The SMILES string of the molecule is COCc1nnc(N2CC(C(=O)N3CCC(COC)CC3)CC2=O)s1. The number of likely N-dealkylation sites (tertiary alicyclic amines) is 1. The smallest absolute Gasteiger partial charge is 0.229 e. The van der Waals surface area contributed by atoms with E-state index in [4.69, 9.17) is 9.47 Å². The van der Waals surface area contributed by atoms with Crippen molar-refractivity contribution in [1.82, 2.24) is 15.1 Å². The standard InChI is InChI=1S/C16H24N4O4S/c1-23-9-11-3-5-19(6-4-11)15(22)12-7-14(21)20(8-12)16-18-17-13(25-16)10-24-2/h11-12H,3-10H2,1-2H3. The van der Waals surface area contributed by atoms with E-state index in [1.54, 1.807) is 19.1 Å². The summed E-state index contributed by atoms with van der Waals surface area (Å²) in [6, 6.07) is 0. The summed E-state index contributed by atoms with van der Waals surface area (Å²) in [5, 5.41) is 9.34. The lowest BCUT2D eigenvalue weighted by Crippen LogP contribution is -2.43. The maximum absolute atomic E-state index is 12.8. The van der Waals surface area contributed by atoms with E-state index >= 15 is 0 Å². The zero-order chi connectivity index (χ0) is 17.8. The Bertz CT molecular complexity index is 615. The third kappa shape index (κ3) is 4.16. The summed E-state index contributed by atoms with van der Waals surface area (Å²) in [6.45, 7) is 3.00. The van der Waals surface area contributed by atoms with Crippen LogP contribution in [0.4, 0.5) is 5.13 Å². The molecule has 0 radical (unpaired) electrons. The molecule has 2 saturated heterocycles. The predicted octanol–water partition coefficient (Wildman–Crippen LogP) is 0.922. The zero-order valence-corrected chi connectivity index (χ0v) is 15.5. The van der Waals surface area contributed by atoms with Crippen LogP contribution in [0.15, 0.2) is 0 Å². The minimum atomic E-state index is -0.291. The number of piperidine rings is 1. The van der Waals surface area contributed by atoms with Crippen LogP contribution in [0.5, 0.6) is 0 Å². The van der Waals surface area contributed by atoms with Crippen LogP contribution in [0.3, 0.4) is 0 Å². The molecule has 0 saturated carbocycles. The number of anilines is 1. The number of amides is 2. The molecule has 0 aliphatic carbocycles. The maximum atomic E-state index is 12.8.